The van der Waals surface area contributed by atoms with Crippen LogP contribution in [0.3, 0.4) is 0 Å². The standard InChI is InChI=1S/C15H28N2OS/c1-3-12(4-2)14-11-17-15(19-14)16-9-10-18-13-7-5-6-8-13/h12-14H,3-11H2,1-2H3,(H,16,17). The Bertz CT molecular complexity index is 286. The Hall–Kier alpha value is -0.220. The highest BCUT2D eigenvalue weighted by atomic mass is 32.2. The predicted molar refractivity (Wildman–Crippen MR) is 84.0 cm³/mol. The second kappa shape index (κ2) is 8.15. The van der Waals surface area contributed by atoms with Crippen LogP contribution in [0.1, 0.15) is 52.4 Å². The molecule has 1 aliphatic carbocycles. The zero-order valence-corrected chi connectivity index (χ0v) is 13.2. The molecule has 4 heteroatoms. The molecule has 1 fully saturated rings. The molecule has 3 nitrogen and oxygen atoms in total. The number of rotatable bonds is 7. The van der Waals surface area contributed by atoms with Gasteiger partial charge in [-0.05, 0) is 18.8 Å². The van der Waals surface area contributed by atoms with Crippen molar-refractivity contribution in [1.29, 1.82) is 0 Å². The van der Waals surface area contributed by atoms with Crippen LogP contribution in [-0.4, -0.2) is 36.2 Å². The number of thioether (sulfide) groups is 1. The molecule has 19 heavy (non-hydrogen) atoms. The fourth-order valence-corrected chi connectivity index (χ4v) is 4.33. The molecule has 0 amide bonds. The second-order valence-electron chi connectivity index (χ2n) is 5.58. The van der Waals surface area contributed by atoms with Crippen molar-refractivity contribution in [3.8, 4) is 0 Å². The lowest BCUT2D eigenvalue weighted by Crippen LogP contribution is -2.26. The van der Waals surface area contributed by atoms with Gasteiger partial charge in [-0.2, -0.15) is 0 Å². The third-order valence-electron chi connectivity index (χ3n) is 4.29. The fraction of sp³-hybridized carbons (Fsp3) is 0.933. The van der Waals surface area contributed by atoms with Gasteiger partial charge in [-0.3, -0.25) is 4.99 Å². The third-order valence-corrected chi connectivity index (χ3v) is 5.62. The molecule has 0 radical (unpaired) electrons. The summed E-state index contributed by atoms with van der Waals surface area (Å²) < 4.78 is 5.85. The zero-order chi connectivity index (χ0) is 13.5. The first-order valence-electron chi connectivity index (χ1n) is 7.90. The van der Waals surface area contributed by atoms with Crippen molar-refractivity contribution in [2.45, 2.75) is 63.7 Å². The molecule has 0 aromatic heterocycles. The van der Waals surface area contributed by atoms with E-state index in [0.717, 1.165) is 30.8 Å². The van der Waals surface area contributed by atoms with Crippen molar-refractivity contribution >= 4 is 16.9 Å². The third kappa shape index (κ3) is 4.67. The molecule has 1 heterocycles. The normalized spacial score (nSPS) is 24.2. The van der Waals surface area contributed by atoms with Crippen LogP contribution < -0.4 is 5.32 Å². The van der Waals surface area contributed by atoms with Gasteiger partial charge in [0.15, 0.2) is 5.17 Å². The maximum absolute atomic E-state index is 5.85. The molecule has 1 N–H and O–H groups in total. The molecular weight excluding hydrogens is 256 g/mol. The highest BCUT2D eigenvalue weighted by Gasteiger charge is 2.25. The lowest BCUT2D eigenvalue weighted by molar-refractivity contribution is 0.0624. The van der Waals surface area contributed by atoms with Crippen LogP contribution in [0.2, 0.25) is 0 Å². The zero-order valence-electron chi connectivity index (χ0n) is 12.4. The highest BCUT2D eigenvalue weighted by molar-refractivity contribution is 8.14. The summed E-state index contributed by atoms with van der Waals surface area (Å²) in [5.41, 5.74) is 0. The van der Waals surface area contributed by atoms with Gasteiger partial charge in [0.2, 0.25) is 0 Å². The maximum atomic E-state index is 5.85. The molecule has 1 saturated carbocycles. The molecule has 0 aromatic rings. The first-order chi connectivity index (χ1) is 9.33. The van der Waals surface area contributed by atoms with E-state index in [1.165, 1.54) is 38.5 Å². The largest absolute Gasteiger partial charge is 0.376 e. The minimum Gasteiger partial charge on any atom is -0.376 e. The van der Waals surface area contributed by atoms with Crippen molar-refractivity contribution in [2.24, 2.45) is 10.9 Å². The summed E-state index contributed by atoms with van der Waals surface area (Å²) in [7, 11) is 0. The van der Waals surface area contributed by atoms with Crippen LogP contribution in [-0.2, 0) is 4.74 Å². The van der Waals surface area contributed by atoms with E-state index in [1.807, 2.05) is 11.8 Å². The average molecular weight is 284 g/mol. The van der Waals surface area contributed by atoms with Crippen molar-refractivity contribution in [3.63, 3.8) is 0 Å². The Morgan fingerprint density at radius 3 is 2.74 bits per heavy atom. The molecule has 1 unspecified atom stereocenters. The van der Waals surface area contributed by atoms with Crippen molar-refractivity contribution in [2.75, 3.05) is 19.7 Å². The lowest BCUT2D eigenvalue weighted by Gasteiger charge is -2.18. The lowest BCUT2D eigenvalue weighted by atomic mass is 9.99. The topological polar surface area (TPSA) is 33.6 Å². The highest BCUT2D eigenvalue weighted by Crippen LogP contribution is 2.30. The Balaban J connectivity index is 1.57. The summed E-state index contributed by atoms with van der Waals surface area (Å²) in [6.45, 7) is 7.28. The van der Waals surface area contributed by atoms with Gasteiger partial charge in [0, 0.05) is 11.8 Å². The minimum absolute atomic E-state index is 0.525. The average Bonchev–Trinajstić information content (AvgIpc) is 3.08. The molecule has 0 saturated heterocycles. The van der Waals surface area contributed by atoms with Gasteiger partial charge in [-0.1, -0.05) is 51.3 Å². The van der Waals surface area contributed by atoms with Gasteiger partial charge in [0.1, 0.15) is 0 Å². The summed E-state index contributed by atoms with van der Waals surface area (Å²) in [5, 5.41) is 5.25. The molecule has 110 valence electrons. The minimum atomic E-state index is 0.525. The van der Waals surface area contributed by atoms with Crippen LogP contribution in [0.25, 0.3) is 0 Å². The Morgan fingerprint density at radius 2 is 2.05 bits per heavy atom. The van der Waals surface area contributed by atoms with Crippen LogP contribution in [0, 0.1) is 5.92 Å². The van der Waals surface area contributed by atoms with E-state index in [1.54, 1.807) is 0 Å². The van der Waals surface area contributed by atoms with Gasteiger partial charge in [0.25, 0.3) is 0 Å². The number of aliphatic imine (C=N–C) groups is 1. The van der Waals surface area contributed by atoms with Gasteiger partial charge in [0.05, 0.1) is 19.3 Å². The number of hydrogen-bond donors (Lipinski definition) is 1. The molecule has 0 bridgehead atoms. The number of amidine groups is 1. The molecular formula is C15H28N2OS. The van der Waals surface area contributed by atoms with E-state index in [0.29, 0.717) is 11.4 Å². The summed E-state index contributed by atoms with van der Waals surface area (Å²) >= 11 is 1.93. The van der Waals surface area contributed by atoms with Gasteiger partial charge in [-0.15, -0.1) is 0 Å². The maximum Gasteiger partial charge on any atom is 0.157 e. The first-order valence-corrected chi connectivity index (χ1v) is 8.78. The van der Waals surface area contributed by atoms with Crippen LogP contribution in [0.5, 0.6) is 0 Å². The van der Waals surface area contributed by atoms with Crippen LogP contribution in [0.15, 0.2) is 4.99 Å². The van der Waals surface area contributed by atoms with Gasteiger partial charge < -0.3 is 10.1 Å². The first kappa shape index (κ1) is 15.2. The number of ether oxygens (including phenoxy) is 1. The Labute approximate surface area is 122 Å². The monoisotopic (exact) mass is 284 g/mol. The smallest absolute Gasteiger partial charge is 0.157 e. The van der Waals surface area contributed by atoms with Crippen molar-refractivity contribution in [1.82, 2.24) is 5.32 Å². The van der Waals surface area contributed by atoms with Crippen LogP contribution in [0.4, 0.5) is 0 Å². The number of nitrogens with one attached hydrogen (secondary N) is 1. The van der Waals surface area contributed by atoms with E-state index in [4.69, 9.17) is 4.74 Å². The molecule has 1 atom stereocenters. The molecule has 1 aliphatic heterocycles. The molecule has 2 aliphatic rings. The quantitative estimate of drug-likeness (QED) is 0.727. The van der Waals surface area contributed by atoms with Crippen molar-refractivity contribution < 1.29 is 4.74 Å². The predicted octanol–water partition coefficient (Wildman–Crippen LogP) is 3.44. The van der Waals surface area contributed by atoms with E-state index >= 15 is 0 Å². The van der Waals surface area contributed by atoms with Gasteiger partial charge in [-0.25, -0.2) is 0 Å². The van der Waals surface area contributed by atoms with E-state index < -0.39 is 0 Å². The van der Waals surface area contributed by atoms with Crippen LogP contribution >= 0.6 is 11.8 Å². The summed E-state index contributed by atoms with van der Waals surface area (Å²) in [4.78, 5) is 4.62. The Morgan fingerprint density at radius 1 is 1.32 bits per heavy atom. The SMILES string of the molecule is CCC(CC)C1CN=C(NCCOC2CCCC2)S1. The fourth-order valence-electron chi connectivity index (χ4n) is 2.99. The Kier molecular flexibility index (Phi) is 6.51. The summed E-state index contributed by atoms with van der Waals surface area (Å²) in [5.74, 6) is 0.808. The van der Waals surface area contributed by atoms with E-state index in [2.05, 4.69) is 24.2 Å². The van der Waals surface area contributed by atoms with E-state index in [-0.39, 0.29) is 0 Å². The second-order valence-corrected chi connectivity index (χ2v) is 6.81. The summed E-state index contributed by atoms with van der Waals surface area (Å²) in [6.07, 6.45) is 8.26. The molecule has 2 rings (SSSR count). The van der Waals surface area contributed by atoms with E-state index in [9.17, 15) is 0 Å². The van der Waals surface area contributed by atoms with Gasteiger partial charge >= 0.3 is 0 Å². The number of nitrogens with zero attached hydrogens (tertiary/aromatic N) is 1. The molecule has 0 spiro atoms. The van der Waals surface area contributed by atoms with Crippen molar-refractivity contribution in [3.05, 3.63) is 0 Å². The number of hydrogen-bond acceptors (Lipinski definition) is 4. The molecule has 0 aromatic carbocycles. The summed E-state index contributed by atoms with van der Waals surface area (Å²) in [6, 6.07) is 0.